The van der Waals surface area contributed by atoms with E-state index in [0.29, 0.717) is 5.56 Å². The van der Waals surface area contributed by atoms with E-state index in [9.17, 15) is 0 Å². The van der Waals surface area contributed by atoms with Crippen molar-refractivity contribution in [3.63, 3.8) is 0 Å². The Morgan fingerprint density at radius 2 is 1.94 bits per heavy atom. The van der Waals surface area contributed by atoms with Gasteiger partial charge in [-0.3, -0.25) is 0 Å². The maximum atomic E-state index is 9.03. The number of thioether (sulfide) groups is 1. The molecule has 2 rings (SSSR count). The number of rotatable bonds is 3. The first-order chi connectivity index (χ1) is 8.69. The number of hydrogen-bond acceptors (Lipinski definition) is 3. The van der Waals surface area contributed by atoms with E-state index in [4.69, 9.17) is 5.26 Å². The molecule has 0 fully saturated rings. The number of hydrogen-bond donors (Lipinski definition) is 0. The van der Waals surface area contributed by atoms with Crippen LogP contribution in [0.25, 0.3) is 0 Å². The molecule has 0 radical (unpaired) electrons. The van der Waals surface area contributed by atoms with Crippen LogP contribution in [-0.2, 0) is 5.75 Å². The van der Waals surface area contributed by atoms with Gasteiger partial charge in [0.1, 0.15) is 11.1 Å². The minimum atomic E-state index is 0.641. The van der Waals surface area contributed by atoms with Gasteiger partial charge in [-0.25, -0.2) is 4.98 Å². The van der Waals surface area contributed by atoms with Gasteiger partial charge in [0, 0.05) is 15.9 Å². The number of halogens is 1. The molecule has 4 heteroatoms. The van der Waals surface area contributed by atoms with Crippen LogP contribution in [0.1, 0.15) is 16.8 Å². The van der Waals surface area contributed by atoms with Crippen LogP contribution in [0.15, 0.2) is 45.9 Å². The molecule has 1 heterocycles. The first-order valence-electron chi connectivity index (χ1n) is 5.44. The zero-order chi connectivity index (χ0) is 13.0. The molecule has 0 saturated heterocycles. The number of nitriles is 1. The monoisotopic (exact) mass is 318 g/mol. The molecule has 0 unspecified atom stereocenters. The van der Waals surface area contributed by atoms with Crippen LogP contribution < -0.4 is 0 Å². The fourth-order valence-corrected chi connectivity index (χ4v) is 2.70. The highest BCUT2D eigenvalue weighted by molar-refractivity contribution is 9.10. The van der Waals surface area contributed by atoms with Gasteiger partial charge in [0.15, 0.2) is 0 Å². The van der Waals surface area contributed by atoms with Crippen LogP contribution in [-0.4, -0.2) is 4.98 Å². The summed E-state index contributed by atoms with van der Waals surface area (Å²) in [4.78, 5) is 4.41. The van der Waals surface area contributed by atoms with Crippen molar-refractivity contribution >= 4 is 27.7 Å². The summed E-state index contributed by atoms with van der Waals surface area (Å²) < 4.78 is 1.07. The number of pyridine rings is 1. The predicted octanol–water partition coefficient (Wildman–Crippen LogP) is 4.32. The summed E-state index contributed by atoms with van der Waals surface area (Å²) in [7, 11) is 0. The van der Waals surface area contributed by atoms with Crippen LogP contribution in [0, 0.1) is 18.3 Å². The van der Waals surface area contributed by atoms with E-state index in [1.165, 1.54) is 5.56 Å². The van der Waals surface area contributed by atoms with Gasteiger partial charge in [-0.05, 0) is 36.8 Å². The molecule has 2 nitrogen and oxygen atoms in total. The molecule has 0 aliphatic heterocycles. The molecular formula is C14H11BrN2S. The summed E-state index contributed by atoms with van der Waals surface area (Å²) in [6, 6.07) is 14.0. The lowest BCUT2D eigenvalue weighted by atomic mass is 10.2. The van der Waals surface area contributed by atoms with E-state index in [0.717, 1.165) is 20.9 Å². The fourth-order valence-electron chi connectivity index (χ4n) is 1.46. The quantitative estimate of drug-likeness (QED) is 0.791. The zero-order valence-corrected chi connectivity index (χ0v) is 12.3. The van der Waals surface area contributed by atoms with Gasteiger partial charge in [0.25, 0.3) is 0 Å². The Hall–Kier alpha value is -1.31. The zero-order valence-electron chi connectivity index (χ0n) is 9.85. The number of nitrogens with zero attached hydrogens (tertiary/aromatic N) is 2. The molecule has 0 saturated carbocycles. The third kappa shape index (κ3) is 3.34. The van der Waals surface area contributed by atoms with Crippen molar-refractivity contribution in [3.05, 3.63) is 57.7 Å². The first-order valence-corrected chi connectivity index (χ1v) is 7.22. The van der Waals surface area contributed by atoms with Crippen molar-refractivity contribution < 1.29 is 0 Å². The molecule has 90 valence electrons. The SMILES string of the molecule is Cc1ccc(C#N)c(SCc2ccc(Br)cc2)n1. The summed E-state index contributed by atoms with van der Waals surface area (Å²) in [6.45, 7) is 1.94. The lowest BCUT2D eigenvalue weighted by Crippen LogP contribution is -1.90. The second kappa shape index (κ2) is 6.03. The average molecular weight is 319 g/mol. The van der Waals surface area contributed by atoms with Gasteiger partial charge >= 0.3 is 0 Å². The topological polar surface area (TPSA) is 36.7 Å². The number of aromatic nitrogens is 1. The Bertz CT molecular complexity index is 588. The highest BCUT2D eigenvalue weighted by Gasteiger charge is 2.05. The Balaban J connectivity index is 2.13. The van der Waals surface area contributed by atoms with Crippen LogP contribution in [0.5, 0.6) is 0 Å². The Morgan fingerprint density at radius 3 is 2.61 bits per heavy atom. The van der Waals surface area contributed by atoms with Gasteiger partial charge in [0.05, 0.1) is 5.56 Å². The first kappa shape index (κ1) is 13.1. The second-order valence-corrected chi connectivity index (χ2v) is 5.71. The van der Waals surface area contributed by atoms with Crippen molar-refractivity contribution in [2.75, 3.05) is 0 Å². The van der Waals surface area contributed by atoms with Crippen LogP contribution >= 0.6 is 27.7 Å². The summed E-state index contributed by atoms with van der Waals surface area (Å²) in [5, 5.41) is 9.84. The Labute approximate surface area is 119 Å². The average Bonchev–Trinajstić information content (AvgIpc) is 2.38. The molecule has 0 atom stereocenters. The predicted molar refractivity (Wildman–Crippen MR) is 77.4 cm³/mol. The summed E-state index contributed by atoms with van der Waals surface area (Å²) in [5.74, 6) is 0.818. The molecule has 0 spiro atoms. The van der Waals surface area contributed by atoms with E-state index >= 15 is 0 Å². The van der Waals surface area contributed by atoms with Crippen LogP contribution in [0.2, 0.25) is 0 Å². The Kier molecular flexibility index (Phi) is 4.40. The highest BCUT2D eigenvalue weighted by atomic mass is 79.9. The number of benzene rings is 1. The molecule has 18 heavy (non-hydrogen) atoms. The number of aryl methyl sites for hydroxylation is 1. The third-order valence-corrected chi connectivity index (χ3v) is 4.00. The van der Waals surface area contributed by atoms with Crippen molar-refractivity contribution in [2.45, 2.75) is 17.7 Å². The van der Waals surface area contributed by atoms with Gasteiger partial charge in [-0.1, -0.05) is 28.1 Å². The van der Waals surface area contributed by atoms with Crippen molar-refractivity contribution in [3.8, 4) is 6.07 Å². The second-order valence-electron chi connectivity index (χ2n) is 3.83. The summed E-state index contributed by atoms with van der Waals surface area (Å²) in [6.07, 6.45) is 0. The van der Waals surface area contributed by atoms with E-state index in [2.05, 4.69) is 39.1 Å². The highest BCUT2D eigenvalue weighted by Crippen LogP contribution is 2.25. The van der Waals surface area contributed by atoms with Crippen LogP contribution in [0.4, 0.5) is 0 Å². The maximum absolute atomic E-state index is 9.03. The van der Waals surface area contributed by atoms with E-state index in [-0.39, 0.29) is 0 Å². The molecule has 2 aromatic rings. The van der Waals surface area contributed by atoms with E-state index < -0.39 is 0 Å². The van der Waals surface area contributed by atoms with Crippen LogP contribution in [0.3, 0.4) is 0 Å². The Morgan fingerprint density at radius 1 is 1.22 bits per heavy atom. The van der Waals surface area contributed by atoms with E-state index in [1.54, 1.807) is 11.8 Å². The summed E-state index contributed by atoms with van der Waals surface area (Å²) in [5.41, 5.74) is 2.80. The van der Waals surface area contributed by atoms with Gasteiger partial charge in [0.2, 0.25) is 0 Å². The molecule has 0 amide bonds. The van der Waals surface area contributed by atoms with Gasteiger partial charge in [-0.2, -0.15) is 5.26 Å². The van der Waals surface area contributed by atoms with Crippen molar-refractivity contribution in [1.29, 1.82) is 5.26 Å². The summed E-state index contributed by atoms with van der Waals surface area (Å²) >= 11 is 5.01. The largest absolute Gasteiger partial charge is 0.245 e. The molecule has 1 aromatic heterocycles. The molecular weight excluding hydrogens is 308 g/mol. The van der Waals surface area contributed by atoms with Crippen molar-refractivity contribution in [1.82, 2.24) is 4.98 Å². The third-order valence-electron chi connectivity index (χ3n) is 2.41. The molecule has 1 aromatic carbocycles. The molecule has 0 N–H and O–H groups in total. The van der Waals surface area contributed by atoms with Gasteiger partial charge in [-0.15, -0.1) is 11.8 Å². The standard InChI is InChI=1S/C14H11BrN2S/c1-10-2-5-12(8-16)14(17-10)18-9-11-3-6-13(15)7-4-11/h2-7H,9H2,1H3. The van der Waals surface area contributed by atoms with Gasteiger partial charge < -0.3 is 0 Å². The van der Waals surface area contributed by atoms with Crippen molar-refractivity contribution in [2.24, 2.45) is 0 Å². The minimum absolute atomic E-state index is 0.641. The minimum Gasteiger partial charge on any atom is -0.245 e. The smallest absolute Gasteiger partial charge is 0.114 e. The normalized spacial score (nSPS) is 10.1. The lowest BCUT2D eigenvalue weighted by Gasteiger charge is -2.04. The maximum Gasteiger partial charge on any atom is 0.114 e. The molecule has 0 aliphatic carbocycles. The molecule has 0 aliphatic rings. The molecule has 0 bridgehead atoms. The lowest BCUT2D eigenvalue weighted by molar-refractivity contribution is 1.05. The fraction of sp³-hybridized carbons (Fsp3) is 0.143. The van der Waals surface area contributed by atoms with E-state index in [1.807, 2.05) is 31.2 Å².